The van der Waals surface area contributed by atoms with E-state index in [0.29, 0.717) is 5.69 Å². The Morgan fingerprint density at radius 2 is 1.74 bits per heavy atom. The number of amides is 1. The largest absolute Gasteiger partial charge is 0.378 e. The summed E-state index contributed by atoms with van der Waals surface area (Å²) in [5, 5.41) is 11.9. The average molecular weight is 370 g/mol. The highest BCUT2D eigenvalue weighted by molar-refractivity contribution is 9.10. The molecule has 0 heterocycles. The van der Waals surface area contributed by atoms with Gasteiger partial charge in [0, 0.05) is 29.9 Å². The van der Waals surface area contributed by atoms with Crippen LogP contribution in [-0.2, 0) is 4.79 Å². The molecule has 0 aliphatic rings. The molecule has 0 spiro atoms. The minimum absolute atomic E-state index is 0.0593. The molecular weight excluding hydrogens is 354 g/mol. The number of anilines is 2. The minimum Gasteiger partial charge on any atom is -0.378 e. The molecule has 5 heteroatoms. The number of nitrogens with one attached hydrogen (secondary N) is 1. The van der Waals surface area contributed by atoms with Crippen molar-refractivity contribution in [3.8, 4) is 6.07 Å². The van der Waals surface area contributed by atoms with Crippen LogP contribution in [0.25, 0.3) is 6.08 Å². The zero-order valence-electron chi connectivity index (χ0n) is 12.9. The summed E-state index contributed by atoms with van der Waals surface area (Å²) in [7, 11) is 3.89. The lowest BCUT2D eigenvalue weighted by Gasteiger charge is -2.12. The summed E-state index contributed by atoms with van der Waals surface area (Å²) in [6, 6.07) is 16.8. The highest BCUT2D eigenvalue weighted by atomic mass is 79.9. The quantitative estimate of drug-likeness (QED) is 0.652. The van der Waals surface area contributed by atoms with Crippen molar-refractivity contribution in [3.63, 3.8) is 0 Å². The lowest BCUT2D eigenvalue weighted by Crippen LogP contribution is -2.14. The molecule has 2 rings (SSSR count). The molecule has 116 valence electrons. The van der Waals surface area contributed by atoms with Gasteiger partial charge in [-0.05, 0) is 48.0 Å². The second-order valence-electron chi connectivity index (χ2n) is 5.12. The molecule has 0 radical (unpaired) electrons. The highest BCUT2D eigenvalue weighted by Crippen LogP contribution is 2.17. The van der Waals surface area contributed by atoms with Gasteiger partial charge in [0.1, 0.15) is 11.6 Å². The van der Waals surface area contributed by atoms with E-state index in [0.717, 1.165) is 15.7 Å². The maximum absolute atomic E-state index is 12.2. The zero-order chi connectivity index (χ0) is 16.8. The number of rotatable bonds is 4. The normalized spacial score (nSPS) is 10.8. The molecule has 0 aromatic heterocycles. The average Bonchev–Trinajstić information content (AvgIpc) is 2.54. The molecule has 0 aliphatic heterocycles. The van der Waals surface area contributed by atoms with Crippen LogP contribution in [-0.4, -0.2) is 20.0 Å². The summed E-state index contributed by atoms with van der Waals surface area (Å²) < 4.78 is 0.943. The third-order valence-electron chi connectivity index (χ3n) is 3.19. The van der Waals surface area contributed by atoms with Crippen molar-refractivity contribution < 1.29 is 4.79 Å². The summed E-state index contributed by atoms with van der Waals surface area (Å²) >= 11 is 3.35. The first-order chi connectivity index (χ1) is 11.0. The van der Waals surface area contributed by atoms with Gasteiger partial charge in [0.2, 0.25) is 0 Å². The maximum atomic E-state index is 12.2. The molecule has 0 saturated carbocycles. The third-order valence-corrected chi connectivity index (χ3v) is 3.72. The molecule has 4 nitrogen and oxygen atoms in total. The summed E-state index contributed by atoms with van der Waals surface area (Å²) in [5.41, 5.74) is 2.54. The van der Waals surface area contributed by atoms with Gasteiger partial charge in [-0.1, -0.05) is 28.1 Å². The SMILES string of the molecule is CN(C)c1ccc(NC(=O)/C(C#N)=C\c2ccc(Br)cc2)cc1. The summed E-state index contributed by atoms with van der Waals surface area (Å²) in [4.78, 5) is 14.2. The number of benzene rings is 2. The molecule has 0 atom stereocenters. The predicted octanol–water partition coefficient (Wildman–Crippen LogP) is 4.06. The van der Waals surface area contributed by atoms with E-state index in [2.05, 4.69) is 21.2 Å². The first kappa shape index (κ1) is 16.8. The van der Waals surface area contributed by atoms with E-state index in [4.69, 9.17) is 0 Å². The van der Waals surface area contributed by atoms with Crippen LogP contribution in [0.3, 0.4) is 0 Å². The van der Waals surface area contributed by atoms with E-state index in [1.807, 2.05) is 73.6 Å². The molecule has 0 saturated heterocycles. The smallest absolute Gasteiger partial charge is 0.266 e. The topological polar surface area (TPSA) is 56.1 Å². The monoisotopic (exact) mass is 369 g/mol. The number of hydrogen-bond acceptors (Lipinski definition) is 3. The van der Waals surface area contributed by atoms with Crippen molar-refractivity contribution in [2.24, 2.45) is 0 Å². The van der Waals surface area contributed by atoms with Gasteiger partial charge >= 0.3 is 0 Å². The maximum Gasteiger partial charge on any atom is 0.266 e. The molecule has 0 bridgehead atoms. The number of carbonyl (C=O) groups is 1. The second-order valence-corrected chi connectivity index (χ2v) is 6.03. The Kier molecular flexibility index (Phi) is 5.56. The van der Waals surface area contributed by atoms with Crippen molar-refractivity contribution in [2.45, 2.75) is 0 Å². The van der Waals surface area contributed by atoms with Gasteiger partial charge in [-0.25, -0.2) is 0 Å². The Balaban J connectivity index is 2.14. The van der Waals surface area contributed by atoms with Crippen molar-refractivity contribution in [3.05, 3.63) is 64.1 Å². The molecule has 0 fully saturated rings. The number of nitrogens with zero attached hydrogens (tertiary/aromatic N) is 2. The van der Waals surface area contributed by atoms with Crippen LogP contribution in [0.5, 0.6) is 0 Å². The van der Waals surface area contributed by atoms with Gasteiger partial charge in [0.05, 0.1) is 0 Å². The third kappa shape index (κ3) is 4.70. The summed E-state index contributed by atoms with van der Waals surface area (Å²) in [6.45, 7) is 0. The standard InChI is InChI=1S/C18H16BrN3O/c1-22(2)17-9-7-16(8-10-17)21-18(23)14(12-20)11-13-3-5-15(19)6-4-13/h3-11H,1-2H3,(H,21,23)/b14-11-. The van der Waals surface area contributed by atoms with Gasteiger partial charge in [0.15, 0.2) is 0 Å². The van der Waals surface area contributed by atoms with Crippen molar-refractivity contribution in [1.82, 2.24) is 0 Å². The second kappa shape index (κ2) is 7.61. The fourth-order valence-electron chi connectivity index (χ4n) is 1.92. The first-order valence-electron chi connectivity index (χ1n) is 6.95. The minimum atomic E-state index is -0.423. The van der Waals surface area contributed by atoms with Gasteiger partial charge in [-0.3, -0.25) is 4.79 Å². The van der Waals surface area contributed by atoms with Gasteiger partial charge in [-0.15, -0.1) is 0 Å². The molecule has 2 aromatic carbocycles. The van der Waals surface area contributed by atoms with Crippen LogP contribution in [0, 0.1) is 11.3 Å². The Morgan fingerprint density at radius 1 is 1.13 bits per heavy atom. The number of nitriles is 1. The summed E-state index contributed by atoms with van der Waals surface area (Å²) in [6.07, 6.45) is 1.57. The van der Waals surface area contributed by atoms with Crippen LogP contribution in [0.15, 0.2) is 58.6 Å². The van der Waals surface area contributed by atoms with Gasteiger partial charge in [0.25, 0.3) is 5.91 Å². The lowest BCUT2D eigenvalue weighted by molar-refractivity contribution is -0.112. The Morgan fingerprint density at radius 3 is 2.26 bits per heavy atom. The van der Waals surface area contributed by atoms with Crippen molar-refractivity contribution in [1.29, 1.82) is 5.26 Å². The van der Waals surface area contributed by atoms with Crippen LogP contribution in [0.1, 0.15) is 5.56 Å². The molecule has 0 aliphatic carbocycles. The molecule has 23 heavy (non-hydrogen) atoms. The highest BCUT2D eigenvalue weighted by Gasteiger charge is 2.09. The van der Waals surface area contributed by atoms with E-state index >= 15 is 0 Å². The lowest BCUT2D eigenvalue weighted by atomic mass is 10.1. The Bertz CT molecular complexity index is 756. The van der Waals surface area contributed by atoms with Crippen LogP contribution in [0.4, 0.5) is 11.4 Å². The molecule has 1 amide bonds. The number of carbonyl (C=O) groups excluding carboxylic acids is 1. The molecular formula is C18H16BrN3O. The van der Waals surface area contributed by atoms with Crippen LogP contribution in [0.2, 0.25) is 0 Å². The van der Waals surface area contributed by atoms with Crippen molar-refractivity contribution >= 4 is 39.3 Å². The Labute approximate surface area is 144 Å². The number of halogens is 1. The fourth-order valence-corrected chi connectivity index (χ4v) is 2.18. The predicted molar refractivity (Wildman–Crippen MR) is 97.1 cm³/mol. The van der Waals surface area contributed by atoms with Crippen LogP contribution < -0.4 is 10.2 Å². The van der Waals surface area contributed by atoms with Gasteiger partial charge < -0.3 is 10.2 Å². The van der Waals surface area contributed by atoms with E-state index in [9.17, 15) is 10.1 Å². The van der Waals surface area contributed by atoms with Crippen molar-refractivity contribution in [2.75, 3.05) is 24.3 Å². The molecule has 2 aromatic rings. The molecule has 0 unspecified atom stereocenters. The van der Waals surface area contributed by atoms with E-state index in [-0.39, 0.29) is 5.57 Å². The van der Waals surface area contributed by atoms with Gasteiger partial charge in [-0.2, -0.15) is 5.26 Å². The summed E-state index contributed by atoms with van der Waals surface area (Å²) in [5.74, 6) is -0.423. The van der Waals surface area contributed by atoms with E-state index < -0.39 is 5.91 Å². The van der Waals surface area contributed by atoms with Crippen LogP contribution >= 0.6 is 15.9 Å². The Hall–Kier alpha value is -2.58. The van der Waals surface area contributed by atoms with E-state index in [1.54, 1.807) is 6.08 Å². The zero-order valence-corrected chi connectivity index (χ0v) is 14.5. The van der Waals surface area contributed by atoms with E-state index in [1.165, 1.54) is 0 Å². The first-order valence-corrected chi connectivity index (χ1v) is 7.75. The number of hydrogen-bond donors (Lipinski definition) is 1. The fraction of sp³-hybridized carbons (Fsp3) is 0.111. The molecule has 1 N–H and O–H groups in total.